The van der Waals surface area contributed by atoms with Gasteiger partial charge in [-0.05, 0) is 12.1 Å². The van der Waals surface area contributed by atoms with Crippen molar-refractivity contribution in [1.29, 1.82) is 0 Å². The molecule has 3 N–H and O–H groups in total. The van der Waals surface area contributed by atoms with Gasteiger partial charge in [0.1, 0.15) is 0 Å². The van der Waals surface area contributed by atoms with Gasteiger partial charge in [-0.15, -0.1) is 0 Å². The van der Waals surface area contributed by atoms with Gasteiger partial charge >= 0.3 is 0 Å². The fourth-order valence-electron chi connectivity index (χ4n) is 1.48. The SMILES string of the molecule is NCCn1cc(NC(=O)c2ccccc2)cn1. The lowest BCUT2D eigenvalue weighted by molar-refractivity contribution is 0.102. The molecule has 1 aromatic carbocycles. The summed E-state index contributed by atoms with van der Waals surface area (Å²) in [6.07, 6.45) is 3.37. The minimum absolute atomic E-state index is 0.141. The molecular weight excluding hydrogens is 216 g/mol. The molecule has 2 aromatic rings. The summed E-state index contributed by atoms with van der Waals surface area (Å²) in [7, 11) is 0. The van der Waals surface area contributed by atoms with Gasteiger partial charge in [-0.1, -0.05) is 18.2 Å². The monoisotopic (exact) mass is 230 g/mol. The summed E-state index contributed by atoms with van der Waals surface area (Å²) in [5, 5.41) is 6.85. The van der Waals surface area contributed by atoms with Crippen LogP contribution in [0, 0.1) is 0 Å². The van der Waals surface area contributed by atoms with Crippen LogP contribution in [0.4, 0.5) is 5.69 Å². The van der Waals surface area contributed by atoms with Crippen LogP contribution >= 0.6 is 0 Å². The fraction of sp³-hybridized carbons (Fsp3) is 0.167. The number of carbonyl (C=O) groups excluding carboxylic acids is 1. The summed E-state index contributed by atoms with van der Waals surface area (Å²) in [6.45, 7) is 1.16. The Morgan fingerprint density at radius 3 is 2.82 bits per heavy atom. The average molecular weight is 230 g/mol. The van der Waals surface area contributed by atoms with Crippen LogP contribution in [0.1, 0.15) is 10.4 Å². The van der Waals surface area contributed by atoms with E-state index in [1.807, 2.05) is 18.2 Å². The van der Waals surface area contributed by atoms with Crippen LogP contribution in [-0.2, 0) is 6.54 Å². The van der Waals surface area contributed by atoms with E-state index in [0.717, 1.165) is 0 Å². The van der Waals surface area contributed by atoms with Crippen LogP contribution in [0.3, 0.4) is 0 Å². The van der Waals surface area contributed by atoms with Crippen molar-refractivity contribution in [3.05, 3.63) is 48.3 Å². The lowest BCUT2D eigenvalue weighted by atomic mass is 10.2. The van der Waals surface area contributed by atoms with Crippen molar-refractivity contribution >= 4 is 11.6 Å². The number of hydrogen-bond donors (Lipinski definition) is 2. The first-order valence-electron chi connectivity index (χ1n) is 5.38. The van der Waals surface area contributed by atoms with Gasteiger partial charge in [-0.2, -0.15) is 5.10 Å². The molecule has 0 atom stereocenters. The van der Waals surface area contributed by atoms with Gasteiger partial charge in [0.15, 0.2) is 0 Å². The molecule has 0 saturated heterocycles. The molecule has 0 bridgehead atoms. The maximum Gasteiger partial charge on any atom is 0.255 e. The molecule has 0 radical (unpaired) electrons. The van der Waals surface area contributed by atoms with Crippen molar-refractivity contribution < 1.29 is 4.79 Å². The maximum absolute atomic E-state index is 11.8. The lowest BCUT2D eigenvalue weighted by Gasteiger charge is -2.01. The van der Waals surface area contributed by atoms with Crippen LogP contribution in [-0.4, -0.2) is 22.2 Å². The number of aromatic nitrogens is 2. The number of nitrogens with two attached hydrogens (primary N) is 1. The smallest absolute Gasteiger partial charge is 0.255 e. The second-order valence-electron chi connectivity index (χ2n) is 3.60. The third-order valence-corrected chi connectivity index (χ3v) is 2.29. The molecule has 1 heterocycles. The third-order valence-electron chi connectivity index (χ3n) is 2.29. The van der Waals surface area contributed by atoms with Gasteiger partial charge in [0.2, 0.25) is 0 Å². The highest BCUT2D eigenvalue weighted by molar-refractivity contribution is 6.04. The largest absolute Gasteiger partial charge is 0.329 e. The van der Waals surface area contributed by atoms with Crippen molar-refractivity contribution in [1.82, 2.24) is 9.78 Å². The quantitative estimate of drug-likeness (QED) is 0.825. The van der Waals surface area contributed by atoms with E-state index in [4.69, 9.17) is 5.73 Å². The predicted molar refractivity (Wildman–Crippen MR) is 65.7 cm³/mol. The zero-order valence-corrected chi connectivity index (χ0v) is 9.34. The van der Waals surface area contributed by atoms with Crippen molar-refractivity contribution in [2.75, 3.05) is 11.9 Å². The Labute approximate surface area is 99.2 Å². The van der Waals surface area contributed by atoms with Crippen LogP contribution in [0.2, 0.25) is 0 Å². The first-order valence-corrected chi connectivity index (χ1v) is 5.38. The zero-order chi connectivity index (χ0) is 12.1. The second-order valence-corrected chi connectivity index (χ2v) is 3.60. The van der Waals surface area contributed by atoms with Gasteiger partial charge in [0, 0.05) is 18.3 Å². The highest BCUT2D eigenvalue weighted by atomic mass is 16.1. The molecule has 2 rings (SSSR count). The molecule has 0 aliphatic carbocycles. The minimum Gasteiger partial charge on any atom is -0.329 e. The molecule has 1 aromatic heterocycles. The van der Waals surface area contributed by atoms with Gasteiger partial charge in [-0.3, -0.25) is 9.48 Å². The molecule has 0 unspecified atom stereocenters. The molecule has 0 saturated carbocycles. The highest BCUT2D eigenvalue weighted by Gasteiger charge is 2.06. The Hall–Kier alpha value is -2.14. The molecule has 17 heavy (non-hydrogen) atoms. The summed E-state index contributed by atoms with van der Waals surface area (Å²) in [6, 6.07) is 9.05. The van der Waals surface area contributed by atoms with Crippen molar-refractivity contribution in [3.63, 3.8) is 0 Å². The van der Waals surface area contributed by atoms with Gasteiger partial charge in [-0.25, -0.2) is 0 Å². The number of benzene rings is 1. The number of nitrogens with one attached hydrogen (secondary N) is 1. The van der Waals surface area contributed by atoms with Crippen LogP contribution in [0.5, 0.6) is 0 Å². The first kappa shape index (κ1) is 11.3. The molecule has 5 heteroatoms. The summed E-state index contributed by atoms with van der Waals surface area (Å²) >= 11 is 0. The predicted octanol–water partition coefficient (Wildman–Crippen LogP) is 1.09. The minimum atomic E-state index is -0.141. The summed E-state index contributed by atoms with van der Waals surface area (Å²) in [5.74, 6) is -0.141. The van der Waals surface area contributed by atoms with E-state index in [9.17, 15) is 4.79 Å². The normalized spacial score (nSPS) is 10.2. The number of hydrogen-bond acceptors (Lipinski definition) is 3. The van der Waals surface area contributed by atoms with Crippen LogP contribution in [0.15, 0.2) is 42.7 Å². The van der Waals surface area contributed by atoms with Gasteiger partial charge < -0.3 is 11.1 Å². The average Bonchev–Trinajstić information content (AvgIpc) is 2.78. The third kappa shape index (κ3) is 2.92. The van der Waals surface area contributed by atoms with E-state index < -0.39 is 0 Å². The van der Waals surface area contributed by atoms with Gasteiger partial charge in [0.05, 0.1) is 18.4 Å². The number of rotatable bonds is 4. The van der Waals surface area contributed by atoms with Crippen LogP contribution < -0.4 is 11.1 Å². The van der Waals surface area contributed by atoms with Crippen LogP contribution in [0.25, 0.3) is 0 Å². The second kappa shape index (κ2) is 5.27. The molecule has 0 aliphatic heterocycles. The Morgan fingerprint density at radius 2 is 2.12 bits per heavy atom. The molecule has 5 nitrogen and oxygen atoms in total. The highest BCUT2D eigenvalue weighted by Crippen LogP contribution is 2.07. The van der Waals surface area contributed by atoms with E-state index in [1.165, 1.54) is 0 Å². The number of carbonyl (C=O) groups is 1. The van der Waals surface area contributed by atoms with Crippen molar-refractivity contribution in [2.45, 2.75) is 6.54 Å². The standard InChI is InChI=1S/C12H14N4O/c13-6-7-16-9-11(8-14-16)15-12(17)10-4-2-1-3-5-10/h1-5,8-9H,6-7,13H2,(H,15,17). The molecule has 0 fully saturated rings. The zero-order valence-electron chi connectivity index (χ0n) is 9.34. The van der Waals surface area contributed by atoms with E-state index >= 15 is 0 Å². The molecule has 0 aliphatic rings. The molecular formula is C12H14N4O. The Kier molecular flexibility index (Phi) is 3.52. The first-order chi connectivity index (χ1) is 8.29. The summed E-state index contributed by atoms with van der Waals surface area (Å²) < 4.78 is 1.70. The van der Waals surface area contributed by atoms with E-state index in [0.29, 0.717) is 24.3 Å². The number of amides is 1. The molecule has 1 amide bonds. The molecule has 0 spiro atoms. The van der Waals surface area contributed by atoms with Gasteiger partial charge in [0.25, 0.3) is 5.91 Å². The maximum atomic E-state index is 11.8. The summed E-state index contributed by atoms with van der Waals surface area (Å²) in [4.78, 5) is 11.8. The van der Waals surface area contributed by atoms with Crippen molar-refractivity contribution in [2.24, 2.45) is 5.73 Å². The fourth-order valence-corrected chi connectivity index (χ4v) is 1.48. The van der Waals surface area contributed by atoms with E-state index in [-0.39, 0.29) is 5.91 Å². The van der Waals surface area contributed by atoms with E-state index in [1.54, 1.807) is 29.2 Å². The Balaban J connectivity index is 2.03. The van der Waals surface area contributed by atoms with Crippen molar-refractivity contribution in [3.8, 4) is 0 Å². The lowest BCUT2D eigenvalue weighted by Crippen LogP contribution is -2.12. The molecule has 88 valence electrons. The number of anilines is 1. The Morgan fingerprint density at radius 1 is 1.35 bits per heavy atom. The Bertz CT molecular complexity index is 492. The topological polar surface area (TPSA) is 72.9 Å². The van der Waals surface area contributed by atoms with E-state index in [2.05, 4.69) is 10.4 Å². The number of nitrogens with zero attached hydrogens (tertiary/aromatic N) is 2. The summed E-state index contributed by atoms with van der Waals surface area (Å²) in [5.41, 5.74) is 6.71.